The minimum atomic E-state index is -3.78. The van der Waals surface area contributed by atoms with Crippen LogP contribution in [0.2, 0.25) is 0 Å². The number of nitrogens with one attached hydrogen (secondary N) is 2. The van der Waals surface area contributed by atoms with Gasteiger partial charge in [-0.1, -0.05) is 6.07 Å². The van der Waals surface area contributed by atoms with Gasteiger partial charge in [0.25, 0.3) is 10.0 Å². The fraction of sp³-hybridized carbons (Fsp3) is 0.273. The largest absolute Gasteiger partial charge is 0.326 e. The number of rotatable bonds is 10. The van der Waals surface area contributed by atoms with E-state index in [1.807, 2.05) is 26.0 Å². The van der Waals surface area contributed by atoms with Crippen molar-refractivity contribution in [1.82, 2.24) is 4.98 Å². The maximum Gasteiger partial charge on any atom is 0.263 e. The van der Waals surface area contributed by atoms with Crippen LogP contribution in [0.4, 0.5) is 16.5 Å². The molecular formula is C22H26N4O5S3. The number of anilines is 3. The molecular weight excluding hydrogens is 496 g/mol. The van der Waals surface area contributed by atoms with Crippen molar-refractivity contribution >= 4 is 53.8 Å². The Morgan fingerprint density at radius 2 is 1.74 bits per heavy atom. The van der Waals surface area contributed by atoms with Crippen molar-refractivity contribution in [2.24, 2.45) is 0 Å². The highest BCUT2D eigenvalue weighted by Crippen LogP contribution is 2.22. The van der Waals surface area contributed by atoms with Crippen LogP contribution in [0.3, 0.4) is 0 Å². The Hall–Kier alpha value is -2.96. The van der Waals surface area contributed by atoms with Crippen LogP contribution >= 0.6 is 11.3 Å². The highest BCUT2D eigenvalue weighted by atomic mass is 32.2. The number of aryl methyl sites for hydroxylation is 2. The normalized spacial score (nSPS) is 11.7. The van der Waals surface area contributed by atoms with E-state index in [2.05, 4.69) is 15.0 Å². The molecule has 0 saturated carbocycles. The fourth-order valence-electron chi connectivity index (χ4n) is 3.14. The predicted molar refractivity (Wildman–Crippen MR) is 135 cm³/mol. The fourth-order valence-corrected chi connectivity index (χ4v) is 5.88. The molecule has 0 aliphatic carbocycles. The quantitative estimate of drug-likeness (QED) is 0.418. The van der Waals surface area contributed by atoms with Crippen LogP contribution in [0, 0.1) is 13.8 Å². The van der Waals surface area contributed by atoms with Gasteiger partial charge in [-0.2, -0.15) is 0 Å². The van der Waals surface area contributed by atoms with Crippen molar-refractivity contribution in [2.45, 2.75) is 31.6 Å². The third-order valence-electron chi connectivity index (χ3n) is 5.05. The number of hydrogen-bond donors (Lipinski definition) is 2. The average Bonchev–Trinajstić information content (AvgIpc) is 3.25. The number of carbonyl (C=O) groups excluding carboxylic acids is 1. The minimum Gasteiger partial charge on any atom is -0.326 e. The van der Waals surface area contributed by atoms with Crippen molar-refractivity contribution in [3.8, 4) is 0 Å². The summed E-state index contributed by atoms with van der Waals surface area (Å²) in [6.07, 6.45) is 3.05. The number of thiazole rings is 1. The minimum absolute atomic E-state index is 0.0397. The number of amides is 1. The van der Waals surface area contributed by atoms with E-state index in [0.29, 0.717) is 17.8 Å². The van der Waals surface area contributed by atoms with Gasteiger partial charge in [-0.05, 0) is 67.8 Å². The molecule has 34 heavy (non-hydrogen) atoms. The Bertz CT molecular complexity index is 1350. The number of benzene rings is 2. The van der Waals surface area contributed by atoms with Crippen LogP contribution in [0.1, 0.15) is 24.0 Å². The van der Waals surface area contributed by atoms with Gasteiger partial charge in [0.2, 0.25) is 15.9 Å². The second-order valence-corrected chi connectivity index (χ2v) is 12.2. The summed E-state index contributed by atoms with van der Waals surface area (Å²) in [4.78, 5) is 16.3. The Morgan fingerprint density at radius 1 is 1.03 bits per heavy atom. The second-order valence-electron chi connectivity index (χ2n) is 7.72. The maximum atomic E-state index is 12.4. The van der Waals surface area contributed by atoms with E-state index in [0.717, 1.165) is 17.4 Å². The van der Waals surface area contributed by atoms with E-state index >= 15 is 0 Å². The molecule has 1 amide bonds. The molecule has 2 N–H and O–H groups in total. The van der Waals surface area contributed by atoms with Gasteiger partial charge in [0, 0.05) is 30.2 Å². The molecule has 0 aliphatic rings. The first kappa shape index (κ1) is 25.7. The standard InChI is InChI=1S/C22H26N4O5S3/c1-16-6-9-19(15-17(16)2)26(33(3,28)29)13-4-5-21(27)24-18-7-10-20(11-8-18)34(30,31)25-22-23-12-14-32-22/h6-12,14-15H,4-5,13H2,1-3H3,(H,23,25)(H,24,27). The van der Waals surface area contributed by atoms with Crippen molar-refractivity contribution in [1.29, 1.82) is 0 Å². The molecule has 0 spiro atoms. The van der Waals surface area contributed by atoms with Gasteiger partial charge in [0.05, 0.1) is 16.8 Å². The summed E-state index contributed by atoms with van der Waals surface area (Å²) in [6, 6.07) is 11.2. The SMILES string of the molecule is Cc1ccc(N(CCCC(=O)Nc2ccc(S(=O)(=O)Nc3nccs3)cc2)S(C)(=O)=O)cc1C. The van der Waals surface area contributed by atoms with Crippen LogP contribution in [-0.4, -0.2) is 40.5 Å². The first-order valence-corrected chi connectivity index (χ1v) is 14.5. The molecule has 0 fully saturated rings. The molecule has 0 radical (unpaired) electrons. The van der Waals surface area contributed by atoms with Gasteiger partial charge in [-0.3, -0.25) is 13.8 Å². The zero-order valence-corrected chi connectivity index (χ0v) is 21.4. The Balaban J connectivity index is 1.57. The van der Waals surface area contributed by atoms with E-state index in [9.17, 15) is 21.6 Å². The molecule has 2 aromatic carbocycles. The van der Waals surface area contributed by atoms with E-state index in [1.165, 1.54) is 46.1 Å². The van der Waals surface area contributed by atoms with Crippen LogP contribution in [0.25, 0.3) is 0 Å². The molecule has 0 saturated heterocycles. The maximum absolute atomic E-state index is 12.4. The van der Waals surface area contributed by atoms with Crippen molar-refractivity contribution < 1.29 is 21.6 Å². The molecule has 3 aromatic rings. The third-order valence-corrected chi connectivity index (χ3v) is 8.41. The van der Waals surface area contributed by atoms with Gasteiger partial charge < -0.3 is 5.32 Å². The number of sulfonamides is 2. The van der Waals surface area contributed by atoms with Crippen molar-refractivity contribution in [3.63, 3.8) is 0 Å². The molecule has 0 atom stereocenters. The van der Waals surface area contributed by atoms with Crippen LogP contribution in [-0.2, 0) is 24.8 Å². The Morgan fingerprint density at radius 3 is 2.32 bits per heavy atom. The summed E-state index contributed by atoms with van der Waals surface area (Å²) in [6.45, 7) is 4.03. The monoisotopic (exact) mass is 522 g/mol. The lowest BCUT2D eigenvalue weighted by molar-refractivity contribution is -0.116. The van der Waals surface area contributed by atoms with Crippen molar-refractivity contribution in [2.75, 3.05) is 27.1 Å². The van der Waals surface area contributed by atoms with E-state index in [1.54, 1.807) is 11.4 Å². The van der Waals surface area contributed by atoms with Crippen LogP contribution < -0.4 is 14.3 Å². The zero-order valence-electron chi connectivity index (χ0n) is 19.0. The number of aromatic nitrogens is 1. The van der Waals surface area contributed by atoms with Gasteiger partial charge >= 0.3 is 0 Å². The van der Waals surface area contributed by atoms with Gasteiger partial charge in [0.15, 0.2) is 5.13 Å². The lowest BCUT2D eigenvalue weighted by Crippen LogP contribution is -2.31. The van der Waals surface area contributed by atoms with E-state index in [-0.39, 0.29) is 28.9 Å². The Kier molecular flexibility index (Phi) is 7.95. The molecule has 1 aromatic heterocycles. The smallest absolute Gasteiger partial charge is 0.263 e. The average molecular weight is 523 g/mol. The molecule has 0 aliphatic heterocycles. The van der Waals surface area contributed by atoms with Crippen LogP contribution in [0.15, 0.2) is 58.9 Å². The van der Waals surface area contributed by atoms with E-state index < -0.39 is 20.0 Å². The summed E-state index contributed by atoms with van der Waals surface area (Å²) in [5, 5.41) is 4.63. The first-order chi connectivity index (χ1) is 16.0. The third kappa shape index (κ3) is 6.78. The number of nitrogens with zero attached hydrogens (tertiary/aromatic N) is 2. The molecule has 0 unspecified atom stereocenters. The van der Waals surface area contributed by atoms with E-state index in [4.69, 9.17) is 0 Å². The summed E-state index contributed by atoms with van der Waals surface area (Å²) in [7, 11) is -7.28. The summed E-state index contributed by atoms with van der Waals surface area (Å²) < 4.78 is 53.0. The van der Waals surface area contributed by atoms with Crippen molar-refractivity contribution in [3.05, 3.63) is 65.2 Å². The summed E-state index contributed by atoms with van der Waals surface area (Å²) >= 11 is 1.17. The first-order valence-electron chi connectivity index (χ1n) is 10.3. The molecule has 12 heteroatoms. The lowest BCUT2D eigenvalue weighted by atomic mass is 10.1. The second kappa shape index (κ2) is 10.5. The highest BCUT2D eigenvalue weighted by molar-refractivity contribution is 7.93. The number of carbonyl (C=O) groups is 1. The molecule has 182 valence electrons. The molecule has 1 heterocycles. The Labute approximate surface area is 204 Å². The molecule has 9 nitrogen and oxygen atoms in total. The highest BCUT2D eigenvalue weighted by Gasteiger charge is 2.19. The summed E-state index contributed by atoms with van der Waals surface area (Å²) in [5.74, 6) is -0.301. The zero-order chi connectivity index (χ0) is 24.9. The van der Waals surface area contributed by atoms with Crippen LogP contribution in [0.5, 0.6) is 0 Å². The lowest BCUT2D eigenvalue weighted by Gasteiger charge is -2.23. The van der Waals surface area contributed by atoms with Gasteiger partial charge in [0.1, 0.15) is 0 Å². The van der Waals surface area contributed by atoms with Gasteiger partial charge in [-0.25, -0.2) is 21.8 Å². The molecule has 3 rings (SSSR count). The predicted octanol–water partition coefficient (Wildman–Crippen LogP) is 3.75. The van der Waals surface area contributed by atoms with Gasteiger partial charge in [-0.15, -0.1) is 11.3 Å². The molecule has 0 bridgehead atoms. The topological polar surface area (TPSA) is 126 Å². The number of hydrogen-bond acceptors (Lipinski definition) is 7. The summed E-state index contributed by atoms with van der Waals surface area (Å²) in [5.41, 5.74) is 3.05.